The minimum absolute atomic E-state index is 0.159. The molecule has 1 aliphatic heterocycles. The minimum atomic E-state index is 0.159. The van der Waals surface area contributed by atoms with Crippen LogP contribution in [-0.2, 0) is 4.74 Å². The Bertz CT molecular complexity index is 599. The number of pyridine rings is 1. The van der Waals surface area contributed by atoms with Crippen LogP contribution in [0.3, 0.4) is 0 Å². The Morgan fingerprint density at radius 2 is 2.12 bits per heavy atom. The highest BCUT2D eigenvalue weighted by atomic mass is 16.5. The molecule has 24 heavy (non-hydrogen) atoms. The number of aromatic nitrogens is 1. The molecular weight excluding hydrogens is 304 g/mol. The highest BCUT2D eigenvalue weighted by molar-refractivity contribution is 5.56. The SMILES string of the molecule is COCCN(C)CC1CN(c2nc(C)c(C)cc2C#N)CC1CO. The van der Waals surface area contributed by atoms with E-state index in [-0.39, 0.29) is 12.5 Å². The Morgan fingerprint density at radius 1 is 1.42 bits per heavy atom. The number of nitriles is 1. The monoisotopic (exact) mass is 332 g/mol. The predicted octanol–water partition coefficient (Wildman–Crippen LogP) is 1.19. The van der Waals surface area contributed by atoms with Crippen molar-refractivity contribution in [1.29, 1.82) is 5.26 Å². The summed E-state index contributed by atoms with van der Waals surface area (Å²) in [5.74, 6) is 1.30. The van der Waals surface area contributed by atoms with Gasteiger partial charge in [-0.2, -0.15) is 5.26 Å². The van der Waals surface area contributed by atoms with Crippen molar-refractivity contribution in [3.8, 4) is 6.07 Å². The molecule has 0 radical (unpaired) electrons. The van der Waals surface area contributed by atoms with Gasteiger partial charge in [0.2, 0.25) is 0 Å². The molecule has 0 saturated carbocycles. The quantitative estimate of drug-likeness (QED) is 0.809. The summed E-state index contributed by atoms with van der Waals surface area (Å²) in [5.41, 5.74) is 2.59. The van der Waals surface area contributed by atoms with Crippen LogP contribution in [-0.4, -0.2) is 68.5 Å². The zero-order valence-electron chi connectivity index (χ0n) is 15.1. The normalized spacial score (nSPS) is 20.6. The lowest BCUT2D eigenvalue weighted by atomic mass is 9.96. The number of aryl methyl sites for hydroxylation is 2. The predicted molar refractivity (Wildman–Crippen MR) is 94.1 cm³/mol. The molecule has 2 unspecified atom stereocenters. The number of hydrogen-bond donors (Lipinski definition) is 1. The molecule has 1 aromatic heterocycles. The van der Waals surface area contributed by atoms with Crippen molar-refractivity contribution < 1.29 is 9.84 Å². The van der Waals surface area contributed by atoms with Gasteiger partial charge in [0.05, 0.1) is 12.2 Å². The van der Waals surface area contributed by atoms with Gasteiger partial charge in [-0.1, -0.05) is 0 Å². The van der Waals surface area contributed by atoms with Crippen molar-refractivity contribution in [2.45, 2.75) is 13.8 Å². The van der Waals surface area contributed by atoms with Crippen LogP contribution in [0.4, 0.5) is 5.82 Å². The number of ether oxygens (including phenoxy) is 1. The first-order chi connectivity index (χ1) is 11.5. The van der Waals surface area contributed by atoms with Crippen LogP contribution in [0.2, 0.25) is 0 Å². The number of aliphatic hydroxyl groups is 1. The van der Waals surface area contributed by atoms with Crippen molar-refractivity contribution in [3.63, 3.8) is 0 Å². The van der Waals surface area contributed by atoms with Crippen molar-refractivity contribution in [1.82, 2.24) is 9.88 Å². The van der Waals surface area contributed by atoms with E-state index in [1.165, 1.54) is 0 Å². The summed E-state index contributed by atoms with van der Waals surface area (Å²) in [5, 5.41) is 19.2. The highest BCUT2D eigenvalue weighted by Gasteiger charge is 2.34. The summed E-state index contributed by atoms with van der Waals surface area (Å²) in [6.45, 7) is 8.13. The van der Waals surface area contributed by atoms with E-state index in [0.717, 1.165) is 43.3 Å². The van der Waals surface area contributed by atoms with Gasteiger partial charge in [-0.05, 0) is 38.4 Å². The summed E-state index contributed by atoms with van der Waals surface area (Å²) in [6, 6.07) is 4.17. The van der Waals surface area contributed by atoms with E-state index in [2.05, 4.69) is 27.9 Å². The minimum Gasteiger partial charge on any atom is -0.396 e. The Hall–Kier alpha value is -1.68. The second-order valence-corrected chi connectivity index (χ2v) is 6.74. The largest absolute Gasteiger partial charge is 0.396 e. The summed E-state index contributed by atoms with van der Waals surface area (Å²) in [4.78, 5) is 9.03. The van der Waals surface area contributed by atoms with Gasteiger partial charge in [-0.3, -0.25) is 0 Å². The third-order valence-corrected chi connectivity index (χ3v) is 4.90. The number of anilines is 1. The molecule has 1 N–H and O–H groups in total. The van der Waals surface area contributed by atoms with Crippen molar-refractivity contribution >= 4 is 5.82 Å². The van der Waals surface area contributed by atoms with Gasteiger partial charge in [-0.15, -0.1) is 0 Å². The molecule has 6 nitrogen and oxygen atoms in total. The number of nitrogens with zero attached hydrogens (tertiary/aromatic N) is 4. The van der Waals surface area contributed by atoms with Gasteiger partial charge in [0.1, 0.15) is 11.9 Å². The van der Waals surface area contributed by atoms with Gasteiger partial charge < -0.3 is 19.6 Å². The average molecular weight is 332 g/mol. The second kappa shape index (κ2) is 8.43. The fraction of sp³-hybridized carbons (Fsp3) is 0.667. The number of aliphatic hydroxyl groups excluding tert-OH is 1. The van der Waals surface area contributed by atoms with Crippen molar-refractivity contribution in [2.24, 2.45) is 11.8 Å². The first-order valence-corrected chi connectivity index (χ1v) is 8.41. The Morgan fingerprint density at radius 3 is 2.75 bits per heavy atom. The van der Waals surface area contributed by atoms with Crippen LogP contribution in [0.1, 0.15) is 16.8 Å². The Kier molecular flexibility index (Phi) is 6.55. The molecule has 0 spiro atoms. The van der Waals surface area contributed by atoms with Gasteiger partial charge in [0.15, 0.2) is 0 Å². The van der Waals surface area contributed by atoms with E-state index in [1.807, 2.05) is 19.9 Å². The molecule has 1 aromatic rings. The first kappa shape index (κ1) is 18.7. The zero-order valence-corrected chi connectivity index (χ0v) is 15.1. The maximum Gasteiger partial charge on any atom is 0.146 e. The van der Waals surface area contributed by atoms with Gasteiger partial charge in [-0.25, -0.2) is 4.98 Å². The Balaban J connectivity index is 2.14. The molecular formula is C18H28N4O2. The van der Waals surface area contributed by atoms with Crippen molar-refractivity contribution in [2.75, 3.05) is 58.5 Å². The lowest BCUT2D eigenvalue weighted by Crippen LogP contribution is -2.33. The summed E-state index contributed by atoms with van der Waals surface area (Å²) >= 11 is 0. The molecule has 1 saturated heterocycles. The molecule has 6 heteroatoms. The van der Waals surface area contributed by atoms with Crippen molar-refractivity contribution in [3.05, 3.63) is 22.9 Å². The summed E-state index contributed by atoms with van der Waals surface area (Å²) in [7, 11) is 3.78. The number of rotatable bonds is 7. The van der Waals surface area contributed by atoms with Crippen LogP contribution in [0.15, 0.2) is 6.07 Å². The standard InChI is InChI=1S/C18H28N4O2/c1-13-7-15(8-19)18(20-14(13)2)22-10-16(17(11-22)12-23)9-21(3)5-6-24-4/h7,16-17,23H,5-6,9-12H2,1-4H3. The van der Waals surface area contributed by atoms with E-state index < -0.39 is 0 Å². The van der Waals surface area contributed by atoms with Crippen LogP contribution in [0.5, 0.6) is 0 Å². The third kappa shape index (κ3) is 4.23. The molecule has 132 valence electrons. The van der Waals surface area contributed by atoms with Crippen LogP contribution < -0.4 is 4.90 Å². The lowest BCUT2D eigenvalue weighted by molar-refractivity contribution is 0.136. The molecule has 2 heterocycles. The topological polar surface area (TPSA) is 72.6 Å². The second-order valence-electron chi connectivity index (χ2n) is 6.74. The van der Waals surface area contributed by atoms with E-state index in [9.17, 15) is 10.4 Å². The molecule has 2 rings (SSSR count). The number of methoxy groups -OCH3 is 1. The highest BCUT2D eigenvalue weighted by Crippen LogP contribution is 2.30. The maximum atomic E-state index is 9.76. The smallest absolute Gasteiger partial charge is 0.146 e. The summed E-state index contributed by atoms with van der Waals surface area (Å²) < 4.78 is 5.13. The van der Waals surface area contributed by atoms with Gasteiger partial charge in [0.25, 0.3) is 0 Å². The zero-order chi connectivity index (χ0) is 17.7. The first-order valence-electron chi connectivity index (χ1n) is 8.41. The van der Waals surface area contributed by atoms with Crippen LogP contribution in [0, 0.1) is 37.0 Å². The number of likely N-dealkylation sites (N-methyl/N-ethyl adjacent to an activating group) is 1. The van der Waals surface area contributed by atoms with E-state index in [0.29, 0.717) is 18.1 Å². The fourth-order valence-electron chi connectivity index (χ4n) is 3.28. The summed E-state index contributed by atoms with van der Waals surface area (Å²) in [6.07, 6.45) is 0. The molecule has 0 aromatic carbocycles. The molecule has 0 amide bonds. The molecule has 1 aliphatic rings. The van der Waals surface area contributed by atoms with E-state index >= 15 is 0 Å². The lowest BCUT2D eigenvalue weighted by Gasteiger charge is -2.23. The molecule has 0 aliphatic carbocycles. The molecule has 2 atom stereocenters. The maximum absolute atomic E-state index is 9.76. The Labute approximate surface area is 144 Å². The number of hydrogen-bond acceptors (Lipinski definition) is 6. The molecule has 1 fully saturated rings. The van der Waals surface area contributed by atoms with Gasteiger partial charge >= 0.3 is 0 Å². The third-order valence-electron chi connectivity index (χ3n) is 4.90. The van der Waals surface area contributed by atoms with Crippen LogP contribution in [0.25, 0.3) is 0 Å². The van der Waals surface area contributed by atoms with Gasteiger partial charge in [0, 0.05) is 51.5 Å². The average Bonchev–Trinajstić information content (AvgIpc) is 2.97. The molecule has 0 bridgehead atoms. The van der Waals surface area contributed by atoms with E-state index in [1.54, 1.807) is 7.11 Å². The fourth-order valence-corrected chi connectivity index (χ4v) is 3.28. The van der Waals surface area contributed by atoms with E-state index in [4.69, 9.17) is 4.74 Å². The van der Waals surface area contributed by atoms with Crippen LogP contribution >= 0.6 is 0 Å².